The summed E-state index contributed by atoms with van der Waals surface area (Å²) < 4.78 is 28.3. The molecule has 3 rings (SSSR count). The molecule has 1 fully saturated rings. The Morgan fingerprint density at radius 3 is 2.67 bits per heavy atom. The van der Waals surface area contributed by atoms with Crippen molar-refractivity contribution in [3.05, 3.63) is 47.3 Å². The summed E-state index contributed by atoms with van der Waals surface area (Å²) in [5.74, 6) is -3.64. The molecule has 0 bridgehead atoms. The van der Waals surface area contributed by atoms with Crippen LogP contribution in [0.5, 0.6) is 0 Å². The van der Waals surface area contributed by atoms with Gasteiger partial charge in [-0.25, -0.2) is 18.7 Å². The van der Waals surface area contributed by atoms with Crippen LogP contribution in [-0.4, -0.2) is 64.7 Å². The Labute approximate surface area is 190 Å². The van der Waals surface area contributed by atoms with E-state index in [1.165, 1.54) is 26.2 Å². The van der Waals surface area contributed by atoms with Gasteiger partial charge in [0.05, 0.1) is 6.54 Å². The molecule has 9 nitrogen and oxygen atoms in total. The summed E-state index contributed by atoms with van der Waals surface area (Å²) in [7, 11) is 1.51. The zero-order chi connectivity index (χ0) is 24.2. The third-order valence-electron chi connectivity index (χ3n) is 5.34. The summed E-state index contributed by atoms with van der Waals surface area (Å²) in [6.07, 6.45) is 1.16. The predicted octanol–water partition coefficient (Wildman–Crippen LogP) is 2.26. The maximum absolute atomic E-state index is 14.1. The molecule has 0 unspecified atom stereocenters. The maximum Gasteiger partial charge on any atom is 0.273 e. The number of piperidine rings is 1. The van der Waals surface area contributed by atoms with E-state index in [1.807, 2.05) is 0 Å². The van der Waals surface area contributed by atoms with Crippen LogP contribution in [0.2, 0.25) is 0 Å². The molecule has 3 heterocycles. The van der Waals surface area contributed by atoms with Gasteiger partial charge >= 0.3 is 0 Å². The lowest BCUT2D eigenvalue weighted by molar-refractivity contribution is -0.119. The molecule has 0 aliphatic carbocycles. The molecule has 11 heteroatoms. The third-order valence-corrected chi connectivity index (χ3v) is 5.34. The van der Waals surface area contributed by atoms with Crippen LogP contribution in [-0.2, 0) is 4.79 Å². The first-order valence-corrected chi connectivity index (χ1v) is 10.5. The predicted molar refractivity (Wildman–Crippen MR) is 118 cm³/mol. The van der Waals surface area contributed by atoms with Gasteiger partial charge in [-0.2, -0.15) is 0 Å². The minimum absolute atomic E-state index is 0.0213. The average Bonchev–Trinajstić information content (AvgIpc) is 2.78. The van der Waals surface area contributed by atoms with Gasteiger partial charge in [0.1, 0.15) is 17.3 Å². The van der Waals surface area contributed by atoms with Crippen molar-refractivity contribution in [2.75, 3.05) is 25.5 Å². The molecular formula is C22H26F2N6O3. The van der Waals surface area contributed by atoms with Crippen molar-refractivity contribution in [2.45, 2.75) is 38.7 Å². The van der Waals surface area contributed by atoms with Gasteiger partial charge < -0.3 is 20.9 Å². The first kappa shape index (κ1) is 24.0. The molecule has 3 amide bonds. The van der Waals surface area contributed by atoms with E-state index in [0.29, 0.717) is 16.9 Å². The number of aromatic nitrogens is 2. The van der Waals surface area contributed by atoms with Crippen LogP contribution in [0.4, 0.5) is 20.4 Å². The number of pyridine rings is 2. The van der Waals surface area contributed by atoms with E-state index in [4.69, 9.17) is 0 Å². The van der Waals surface area contributed by atoms with Crippen molar-refractivity contribution >= 4 is 29.4 Å². The number of carbonyl (C=O) groups is 3. The SMILES string of the molecule is CNC(=O)c1ccnc(Nc2ccc(C)c(C(=O)N3CC(F)(F)CC[C@@H]3CNC(C)=O)n2)c1. The van der Waals surface area contributed by atoms with E-state index in [9.17, 15) is 23.2 Å². The molecule has 2 aromatic rings. The largest absolute Gasteiger partial charge is 0.355 e. The van der Waals surface area contributed by atoms with E-state index < -0.39 is 24.4 Å². The number of aryl methyl sites for hydroxylation is 1. The Morgan fingerprint density at radius 2 is 1.97 bits per heavy atom. The summed E-state index contributed by atoms with van der Waals surface area (Å²) in [6, 6.07) is 5.78. The Morgan fingerprint density at radius 1 is 1.21 bits per heavy atom. The summed E-state index contributed by atoms with van der Waals surface area (Å²) in [6.45, 7) is 2.34. The molecule has 1 aliphatic heterocycles. The van der Waals surface area contributed by atoms with Crippen molar-refractivity contribution in [1.29, 1.82) is 0 Å². The highest BCUT2D eigenvalue weighted by Crippen LogP contribution is 2.31. The van der Waals surface area contributed by atoms with E-state index in [0.717, 1.165) is 4.90 Å². The molecular weight excluding hydrogens is 434 g/mol. The van der Waals surface area contributed by atoms with Crippen LogP contribution >= 0.6 is 0 Å². The van der Waals surface area contributed by atoms with Crippen molar-refractivity contribution in [2.24, 2.45) is 0 Å². The molecule has 1 aliphatic rings. The van der Waals surface area contributed by atoms with Crippen molar-refractivity contribution in [3.8, 4) is 0 Å². The smallest absolute Gasteiger partial charge is 0.273 e. The van der Waals surface area contributed by atoms with Crippen molar-refractivity contribution in [1.82, 2.24) is 25.5 Å². The maximum atomic E-state index is 14.1. The molecule has 0 spiro atoms. The van der Waals surface area contributed by atoms with E-state index in [1.54, 1.807) is 25.1 Å². The van der Waals surface area contributed by atoms with E-state index >= 15 is 0 Å². The van der Waals surface area contributed by atoms with Crippen LogP contribution in [0, 0.1) is 6.92 Å². The summed E-state index contributed by atoms with van der Waals surface area (Å²) in [4.78, 5) is 46.0. The van der Waals surface area contributed by atoms with Gasteiger partial charge in [0.15, 0.2) is 0 Å². The number of nitrogens with zero attached hydrogens (tertiary/aromatic N) is 3. The highest BCUT2D eigenvalue weighted by Gasteiger charge is 2.42. The Bertz CT molecular complexity index is 1060. The lowest BCUT2D eigenvalue weighted by Gasteiger charge is -2.39. The topological polar surface area (TPSA) is 116 Å². The number of anilines is 2. The Kier molecular flexibility index (Phi) is 7.19. The van der Waals surface area contributed by atoms with Gasteiger partial charge in [-0.3, -0.25) is 14.4 Å². The first-order valence-electron chi connectivity index (χ1n) is 10.5. The highest BCUT2D eigenvalue weighted by atomic mass is 19.3. The number of carbonyl (C=O) groups excluding carboxylic acids is 3. The third kappa shape index (κ3) is 5.99. The lowest BCUT2D eigenvalue weighted by atomic mass is 9.98. The highest BCUT2D eigenvalue weighted by molar-refractivity contribution is 5.95. The van der Waals surface area contributed by atoms with Gasteiger partial charge in [-0.15, -0.1) is 0 Å². The van der Waals surface area contributed by atoms with Crippen LogP contribution < -0.4 is 16.0 Å². The molecule has 33 heavy (non-hydrogen) atoms. The normalized spacial score (nSPS) is 17.2. The van der Waals surface area contributed by atoms with E-state index in [2.05, 4.69) is 25.9 Å². The fraction of sp³-hybridized carbons (Fsp3) is 0.409. The standard InChI is InChI=1S/C22H26F2N6O3/c1-13-4-5-17(28-18-10-15(7-9-26-18)20(32)25-3)29-19(13)21(33)30-12-22(23,24)8-6-16(30)11-27-14(2)31/h4-5,7,9-10,16H,6,8,11-12H2,1-3H3,(H,25,32)(H,27,31)(H,26,28,29)/t16-/m1/s1. The van der Waals surface area contributed by atoms with Gasteiger partial charge in [0.25, 0.3) is 17.7 Å². The Hall–Kier alpha value is -3.63. The number of hydrogen-bond acceptors (Lipinski definition) is 6. The minimum atomic E-state index is -3.02. The number of nitrogens with one attached hydrogen (secondary N) is 3. The zero-order valence-electron chi connectivity index (χ0n) is 18.6. The van der Waals surface area contributed by atoms with Gasteiger partial charge in [0, 0.05) is 44.7 Å². The number of rotatable bonds is 6. The molecule has 0 aromatic carbocycles. The molecule has 1 atom stereocenters. The van der Waals surface area contributed by atoms with Crippen LogP contribution in [0.3, 0.4) is 0 Å². The summed E-state index contributed by atoms with van der Waals surface area (Å²) in [5, 5.41) is 8.06. The number of alkyl halides is 2. The fourth-order valence-corrected chi connectivity index (χ4v) is 3.57. The number of hydrogen-bond donors (Lipinski definition) is 3. The average molecular weight is 460 g/mol. The van der Waals surface area contributed by atoms with Crippen LogP contribution in [0.15, 0.2) is 30.5 Å². The molecule has 2 aromatic heterocycles. The minimum Gasteiger partial charge on any atom is -0.355 e. The zero-order valence-corrected chi connectivity index (χ0v) is 18.6. The van der Waals surface area contributed by atoms with Gasteiger partial charge in [0.2, 0.25) is 5.91 Å². The fourth-order valence-electron chi connectivity index (χ4n) is 3.57. The first-order chi connectivity index (χ1) is 15.6. The molecule has 0 radical (unpaired) electrons. The summed E-state index contributed by atoms with van der Waals surface area (Å²) in [5.41, 5.74) is 0.924. The second-order valence-electron chi connectivity index (χ2n) is 7.91. The second kappa shape index (κ2) is 9.88. The molecule has 0 saturated carbocycles. The monoisotopic (exact) mass is 460 g/mol. The Balaban J connectivity index is 1.86. The van der Waals surface area contributed by atoms with Crippen LogP contribution in [0.25, 0.3) is 0 Å². The summed E-state index contributed by atoms with van der Waals surface area (Å²) >= 11 is 0. The van der Waals surface area contributed by atoms with Crippen molar-refractivity contribution in [3.63, 3.8) is 0 Å². The second-order valence-corrected chi connectivity index (χ2v) is 7.91. The number of halogens is 2. The van der Waals surface area contributed by atoms with E-state index in [-0.39, 0.29) is 42.7 Å². The number of amides is 3. The molecule has 176 valence electrons. The lowest BCUT2D eigenvalue weighted by Crippen LogP contribution is -2.55. The number of likely N-dealkylation sites (tertiary alicyclic amines) is 1. The van der Waals surface area contributed by atoms with Crippen molar-refractivity contribution < 1.29 is 23.2 Å². The van der Waals surface area contributed by atoms with Gasteiger partial charge in [-0.05, 0) is 37.1 Å². The van der Waals surface area contributed by atoms with Gasteiger partial charge in [-0.1, -0.05) is 6.07 Å². The van der Waals surface area contributed by atoms with Crippen LogP contribution in [0.1, 0.15) is 46.2 Å². The quantitative estimate of drug-likeness (QED) is 0.609. The molecule has 1 saturated heterocycles. The molecule has 3 N–H and O–H groups in total.